The van der Waals surface area contributed by atoms with Crippen LogP contribution in [0, 0.1) is 0 Å². The van der Waals surface area contributed by atoms with Crippen molar-refractivity contribution < 1.29 is 18.0 Å². The Bertz CT molecular complexity index is 975. The van der Waals surface area contributed by atoms with E-state index < -0.39 is 17.8 Å². The van der Waals surface area contributed by atoms with E-state index in [4.69, 9.17) is 0 Å². The van der Waals surface area contributed by atoms with Crippen LogP contribution in [0.1, 0.15) is 54.8 Å². The van der Waals surface area contributed by atoms with Crippen LogP contribution in [0.25, 0.3) is 16.3 Å². The smallest absolute Gasteiger partial charge is 0.347 e. The number of aromatic nitrogens is 4. The molecule has 0 aromatic carbocycles. The highest BCUT2D eigenvalue weighted by molar-refractivity contribution is 7.13. The van der Waals surface area contributed by atoms with E-state index in [0.717, 1.165) is 44.6 Å². The predicted octanol–water partition coefficient (Wildman–Crippen LogP) is 4.32. The van der Waals surface area contributed by atoms with Crippen molar-refractivity contribution in [2.75, 3.05) is 0 Å². The molecule has 0 aliphatic heterocycles. The van der Waals surface area contributed by atoms with E-state index in [9.17, 15) is 18.0 Å². The van der Waals surface area contributed by atoms with Crippen LogP contribution >= 0.6 is 11.3 Å². The van der Waals surface area contributed by atoms with Crippen molar-refractivity contribution in [2.45, 2.75) is 50.7 Å². The van der Waals surface area contributed by atoms with E-state index >= 15 is 0 Å². The first-order valence-electron chi connectivity index (χ1n) is 9.11. The molecule has 0 unspecified atom stereocenters. The largest absolute Gasteiger partial charge is 0.433 e. The molecule has 0 radical (unpaired) electrons. The second kappa shape index (κ2) is 7.50. The zero-order chi connectivity index (χ0) is 19.7. The fourth-order valence-electron chi connectivity index (χ4n) is 3.39. The summed E-state index contributed by atoms with van der Waals surface area (Å²) in [6, 6.07) is 4.34. The summed E-state index contributed by atoms with van der Waals surface area (Å²) < 4.78 is 41.3. The lowest BCUT2D eigenvalue weighted by atomic mass is 10.1. The fraction of sp³-hybridized carbons (Fsp3) is 0.444. The summed E-state index contributed by atoms with van der Waals surface area (Å²) in [5.41, 5.74) is -0.861. The van der Waals surface area contributed by atoms with Gasteiger partial charge >= 0.3 is 6.18 Å². The van der Waals surface area contributed by atoms with Crippen LogP contribution in [0.4, 0.5) is 13.2 Å². The van der Waals surface area contributed by atoms with Crippen LogP contribution in [0.15, 0.2) is 23.6 Å². The van der Waals surface area contributed by atoms with Gasteiger partial charge in [0, 0.05) is 6.04 Å². The van der Waals surface area contributed by atoms with Crippen molar-refractivity contribution >= 4 is 23.0 Å². The van der Waals surface area contributed by atoms with Crippen molar-refractivity contribution in [3.63, 3.8) is 0 Å². The van der Waals surface area contributed by atoms with Crippen LogP contribution in [0.3, 0.4) is 0 Å². The Morgan fingerprint density at radius 3 is 2.57 bits per heavy atom. The monoisotopic (exact) mass is 409 g/mol. The zero-order valence-electron chi connectivity index (χ0n) is 14.9. The first-order chi connectivity index (χ1) is 13.4. The van der Waals surface area contributed by atoms with Gasteiger partial charge in [-0.05, 0) is 30.4 Å². The van der Waals surface area contributed by atoms with E-state index in [-0.39, 0.29) is 23.3 Å². The Balaban J connectivity index is 1.70. The summed E-state index contributed by atoms with van der Waals surface area (Å²) in [6.45, 7) is 0. The van der Waals surface area contributed by atoms with E-state index in [0.29, 0.717) is 9.39 Å². The Morgan fingerprint density at radius 1 is 1.18 bits per heavy atom. The quantitative estimate of drug-likeness (QED) is 0.654. The minimum Gasteiger partial charge on any atom is -0.347 e. The van der Waals surface area contributed by atoms with Gasteiger partial charge in [-0.3, -0.25) is 4.79 Å². The number of thiophene rings is 1. The lowest BCUT2D eigenvalue weighted by Crippen LogP contribution is -2.35. The molecule has 28 heavy (non-hydrogen) atoms. The first-order valence-corrected chi connectivity index (χ1v) is 9.99. The Morgan fingerprint density at radius 2 is 1.93 bits per heavy atom. The molecule has 1 aliphatic rings. The lowest BCUT2D eigenvalue weighted by molar-refractivity contribution is -0.142. The normalized spacial score (nSPS) is 16.2. The van der Waals surface area contributed by atoms with E-state index in [1.54, 1.807) is 17.5 Å². The van der Waals surface area contributed by atoms with Crippen molar-refractivity contribution in [2.24, 2.45) is 0 Å². The number of halogens is 3. The minimum atomic E-state index is -4.66. The molecular weight excluding hydrogens is 391 g/mol. The molecule has 4 rings (SSSR count). The van der Waals surface area contributed by atoms with Gasteiger partial charge in [-0.25, -0.2) is 4.98 Å². The maximum atomic E-state index is 13.6. The van der Waals surface area contributed by atoms with Gasteiger partial charge in [-0.1, -0.05) is 31.7 Å². The number of hydrogen-bond donors (Lipinski definition) is 1. The molecule has 10 heteroatoms. The molecule has 3 aromatic rings. The molecule has 6 nitrogen and oxygen atoms in total. The summed E-state index contributed by atoms with van der Waals surface area (Å²) >= 11 is 1.28. The van der Waals surface area contributed by atoms with E-state index in [1.165, 1.54) is 11.3 Å². The summed E-state index contributed by atoms with van der Waals surface area (Å²) in [6.07, 6.45) is 1.35. The number of carbonyl (C=O) groups excluding carboxylic acids is 1. The third-order valence-corrected chi connectivity index (χ3v) is 5.66. The Hall–Kier alpha value is -2.49. The number of hydrogen-bond acceptors (Lipinski definition) is 5. The Kier molecular flexibility index (Phi) is 5.05. The lowest BCUT2D eigenvalue weighted by Gasteiger charge is -2.14. The van der Waals surface area contributed by atoms with Crippen molar-refractivity contribution in [1.82, 2.24) is 24.9 Å². The molecule has 0 atom stereocenters. The molecule has 1 aliphatic carbocycles. The third-order valence-electron chi connectivity index (χ3n) is 4.77. The number of rotatable bonds is 3. The Labute approximate surface area is 162 Å². The molecule has 1 amide bonds. The van der Waals surface area contributed by atoms with Crippen LogP contribution in [-0.2, 0) is 6.18 Å². The zero-order valence-corrected chi connectivity index (χ0v) is 15.7. The molecule has 0 spiro atoms. The summed E-state index contributed by atoms with van der Waals surface area (Å²) in [5.74, 6) is -1.11. The molecular formula is C18H18F3N5OS. The van der Waals surface area contributed by atoms with Gasteiger partial charge in [0.15, 0.2) is 5.69 Å². The van der Waals surface area contributed by atoms with Crippen LogP contribution < -0.4 is 5.32 Å². The highest BCUT2D eigenvalue weighted by atomic mass is 32.1. The highest BCUT2D eigenvalue weighted by Crippen LogP contribution is 2.33. The molecule has 1 saturated carbocycles. The van der Waals surface area contributed by atoms with Gasteiger partial charge in [0.2, 0.25) is 5.82 Å². The van der Waals surface area contributed by atoms with E-state index in [1.807, 2.05) is 0 Å². The second-order valence-electron chi connectivity index (χ2n) is 6.81. The van der Waals surface area contributed by atoms with Crippen LogP contribution in [-0.4, -0.2) is 31.5 Å². The maximum absolute atomic E-state index is 13.6. The average Bonchev–Trinajstić information content (AvgIpc) is 3.26. The highest BCUT2D eigenvalue weighted by Gasteiger charge is 2.36. The fourth-order valence-corrected chi connectivity index (χ4v) is 4.08. The number of alkyl halides is 3. The number of carbonyl (C=O) groups is 1. The molecule has 1 fully saturated rings. The number of nitrogens with one attached hydrogen (secondary N) is 1. The molecule has 148 valence electrons. The molecule has 0 bridgehead atoms. The molecule has 0 saturated heterocycles. The van der Waals surface area contributed by atoms with Crippen LogP contribution in [0.5, 0.6) is 0 Å². The first kappa shape index (κ1) is 18.9. The van der Waals surface area contributed by atoms with Gasteiger partial charge in [-0.2, -0.15) is 22.7 Å². The predicted molar refractivity (Wildman–Crippen MR) is 98.1 cm³/mol. The van der Waals surface area contributed by atoms with Gasteiger partial charge < -0.3 is 5.32 Å². The SMILES string of the molecule is O=C(NC1CCCCCC1)c1nc2nc(-c3cccs3)cc(C(F)(F)F)n2n1. The number of amides is 1. The summed E-state index contributed by atoms with van der Waals surface area (Å²) in [5, 5.41) is 8.41. The number of fused-ring (bicyclic) bond motifs is 1. The minimum absolute atomic E-state index is 0.00154. The topological polar surface area (TPSA) is 72.2 Å². The summed E-state index contributed by atoms with van der Waals surface area (Å²) in [7, 11) is 0. The molecule has 3 heterocycles. The third kappa shape index (κ3) is 3.87. The van der Waals surface area contributed by atoms with E-state index in [2.05, 4.69) is 20.4 Å². The van der Waals surface area contributed by atoms with Crippen molar-refractivity contribution in [3.8, 4) is 10.6 Å². The van der Waals surface area contributed by atoms with Crippen molar-refractivity contribution in [3.05, 3.63) is 35.1 Å². The number of nitrogens with zero attached hydrogens (tertiary/aromatic N) is 4. The van der Waals surface area contributed by atoms with Gasteiger partial charge in [-0.15, -0.1) is 16.4 Å². The molecule has 1 N–H and O–H groups in total. The summed E-state index contributed by atoms with van der Waals surface area (Å²) in [4.78, 5) is 21.3. The van der Waals surface area contributed by atoms with Gasteiger partial charge in [0.05, 0.1) is 10.6 Å². The van der Waals surface area contributed by atoms with Crippen LogP contribution in [0.2, 0.25) is 0 Å². The maximum Gasteiger partial charge on any atom is 0.433 e. The van der Waals surface area contributed by atoms with Crippen molar-refractivity contribution in [1.29, 1.82) is 0 Å². The molecule has 3 aromatic heterocycles. The average molecular weight is 409 g/mol. The van der Waals surface area contributed by atoms with Gasteiger partial charge in [0.1, 0.15) is 0 Å². The second-order valence-corrected chi connectivity index (χ2v) is 7.76. The standard InChI is InChI=1S/C18H18F3N5OS/c19-18(20,21)14-10-12(13-8-5-9-28-13)23-17-24-15(25-26(14)17)16(27)22-11-6-3-1-2-4-7-11/h5,8-11H,1-4,6-7H2,(H,22,27). The van der Waals surface area contributed by atoms with Gasteiger partial charge in [0.25, 0.3) is 11.7 Å².